The number of aryl methyl sites for hydroxylation is 1. The Balaban J connectivity index is 1.99. The smallest absolute Gasteiger partial charge is 0.253 e. The SMILES string of the molecule is Cc1ccccc1OCCN(C)C(=O)c1ccc(S(=O)(=O)N(C)C(C)C)cc1. The third kappa shape index (κ3) is 5.11. The predicted octanol–water partition coefficient (Wildman–Crippen LogP) is 3.17. The number of rotatable bonds is 8. The van der Waals surface area contributed by atoms with Crippen molar-refractivity contribution in [3.8, 4) is 5.75 Å². The number of para-hydroxylation sites is 1. The van der Waals surface area contributed by atoms with Crippen molar-refractivity contribution in [2.24, 2.45) is 0 Å². The number of carbonyl (C=O) groups excluding carboxylic acids is 1. The fourth-order valence-corrected chi connectivity index (χ4v) is 3.91. The molecule has 2 aromatic rings. The van der Waals surface area contributed by atoms with E-state index in [4.69, 9.17) is 4.74 Å². The van der Waals surface area contributed by atoms with Gasteiger partial charge in [0, 0.05) is 25.7 Å². The average molecular weight is 405 g/mol. The molecule has 0 bridgehead atoms. The summed E-state index contributed by atoms with van der Waals surface area (Å²) in [5.74, 6) is 0.613. The molecular weight excluding hydrogens is 376 g/mol. The monoisotopic (exact) mass is 404 g/mol. The molecule has 6 nitrogen and oxygen atoms in total. The lowest BCUT2D eigenvalue weighted by Crippen LogP contribution is -2.33. The maximum Gasteiger partial charge on any atom is 0.253 e. The molecule has 0 spiro atoms. The molecule has 0 fully saturated rings. The van der Waals surface area contributed by atoms with Crippen LogP contribution in [0.3, 0.4) is 0 Å². The van der Waals surface area contributed by atoms with E-state index in [1.165, 1.54) is 16.4 Å². The molecule has 2 aromatic carbocycles. The van der Waals surface area contributed by atoms with Gasteiger partial charge in [-0.25, -0.2) is 8.42 Å². The van der Waals surface area contributed by atoms with Crippen molar-refractivity contribution in [2.75, 3.05) is 27.2 Å². The number of hydrogen-bond acceptors (Lipinski definition) is 4. The summed E-state index contributed by atoms with van der Waals surface area (Å²) >= 11 is 0. The molecule has 1 amide bonds. The van der Waals surface area contributed by atoms with Crippen LogP contribution in [0.25, 0.3) is 0 Å². The van der Waals surface area contributed by atoms with E-state index in [1.54, 1.807) is 31.1 Å². The molecule has 0 saturated heterocycles. The van der Waals surface area contributed by atoms with Gasteiger partial charge >= 0.3 is 0 Å². The second kappa shape index (κ2) is 9.21. The summed E-state index contributed by atoms with van der Waals surface area (Å²) in [5, 5.41) is 0. The fourth-order valence-electron chi connectivity index (χ4n) is 2.55. The first-order chi connectivity index (χ1) is 13.1. The van der Waals surface area contributed by atoms with E-state index in [9.17, 15) is 13.2 Å². The highest BCUT2D eigenvalue weighted by Gasteiger charge is 2.23. The van der Waals surface area contributed by atoms with Gasteiger partial charge in [-0.05, 0) is 56.7 Å². The maximum atomic E-state index is 12.6. The molecule has 0 aliphatic heterocycles. The van der Waals surface area contributed by atoms with E-state index in [0.717, 1.165) is 11.3 Å². The molecule has 28 heavy (non-hydrogen) atoms. The minimum Gasteiger partial charge on any atom is -0.491 e. The summed E-state index contributed by atoms with van der Waals surface area (Å²) < 4.78 is 32.0. The zero-order valence-electron chi connectivity index (χ0n) is 17.0. The summed E-state index contributed by atoms with van der Waals surface area (Å²) in [5.41, 5.74) is 1.48. The van der Waals surface area contributed by atoms with Gasteiger partial charge in [0.2, 0.25) is 10.0 Å². The Labute approximate surface area is 167 Å². The molecule has 0 radical (unpaired) electrons. The fraction of sp³-hybridized carbons (Fsp3) is 0.381. The minimum absolute atomic E-state index is 0.148. The number of sulfonamides is 1. The molecular formula is C21H28N2O4S. The normalized spacial score (nSPS) is 11.7. The first-order valence-electron chi connectivity index (χ1n) is 9.16. The number of hydrogen-bond donors (Lipinski definition) is 0. The zero-order chi connectivity index (χ0) is 20.9. The van der Waals surface area contributed by atoms with Crippen molar-refractivity contribution >= 4 is 15.9 Å². The van der Waals surface area contributed by atoms with Crippen LogP contribution < -0.4 is 4.74 Å². The predicted molar refractivity (Wildman–Crippen MR) is 110 cm³/mol. The van der Waals surface area contributed by atoms with E-state index < -0.39 is 10.0 Å². The van der Waals surface area contributed by atoms with Gasteiger partial charge in [-0.3, -0.25) is 4.79 Å². The van der Waals surface area contributed by atoms with Crippen molar-refractivity contribution in [3.05, 3.63) is 59.7 Å². The number of nitrogens with zero attached hydrogens (tertiary/aromatic N) is 2. The van der Waals surface area contributed by atoms with Crippen molar-refractivity contribution in [2.45, 2.75) is 31.7 Å². The number of benzene rings is 2. The van der Waals surface area contributed by atoms with E-state index >= 15 is 0 Å². The molecule has 0 aromatic heterocycles. The van der Waals surface area contributed by atoms with E-state index in [1.807, 2.05) is 45.0 Å². The van der Waals surface area contributed by atoms with Crippen LogP contribution in [0.1, 0.15) is 29.8 Å². The lowest BCUT2D eigenvalue weighted by Gasteiger charge is -2.21. The first kappa shape index (κ1) is 21.9. The van der Waals surface area contributed by atoms with Crippen LogP contribution in [0.2, 0.25) is 0 Å². The largest absolute Gasteiger partial charge is 0.491 e. The maximum absolute atomic E-state index is 12.6. The topological polar surface area (TPSA) is 66.9 Å². The lowest BCUT2D eigenvalue weighted by atomic mass is 10.2. The molecule has 0 saturated carbocycles. The lowest BCUT2D eigenvalue weighted by molar-refractivity contribution is 0.0773. The van der Waals surface area contributed by atoms with Gasteiger partial charge in [0.05, 0.1) is 11.4 Å². The van der Waals surface area contributed by atoms with Gasteiger partial charge in [-0.1, -0.05) is 18.2 Å². The first-order valence-corrected chi connectivity index (χ1v) is 10.6. The minimum atomic E-state index is -3.56. The van der Waals surface area contributed by atoms with Crippen LogP contribution in [0, 0.1) is 6.92 Å². The Hall–Kier alpha value is -2.38. The summed E-state index contributed by atoms with van der Waals surface area (Å²) in [4.78, 5) is 14.3. The van der Waals surface area contributed by atoms with Crippen molar-refractivity contribution in [3.63, 3.8) is 0 Å². The van der Waals surface area contributed by atoms with E-state index in [2.05, 4.69) is 0 Å². The van der Waals surface area contributed by atoms with Gasteiger partial charge in [0.25, 0.3) is 5.91 Å². The average Bonchev–Trinajstić information content (AvgIpc) is 2.68. The highest BCUT2D eigenvalue weighted by Crippen LogP contribution is 2.18. The van der Waals surface area contributed by atoms with Crippen LogP contribution in [-0.2, 0) is 10.0 Å². The highest BCUT2D eigenvalue weighted by atomic mass is 32.2. The molecule has 0 heterocycles. The molecule has 2 rings (SSSR count). The number of likely N-dealkylation sites (N-methyl/N-ethyl adjacent to an activating group) is 1. The molecule has 0 aliphatic rings. The number of ether oxygens (including phenoxy) is 1. The van der Waals surface area contributed by atoms with Crippen molar-refractivity contribution < 1.29 is 17.9 Å². The summed E-state index contributed by atoms with van der Waals surface area (Å²) in [7, 11) is -0.323. The van der Waals surface area contributed by atoms with Crippen LogP contribution in [-0.4, -0.2) is 56.8 Å². The van der Waals surface area contributed by atoms with Gasteiger partial charge in [-0.15, -0.1) is 0 Å². The number of amides is 1. The third-order valence-electron chi connectivity index (χ3n) is 4.63. The summed E-state index contributed by atoms with van der Waals surface area (Å²) in [6, 6.07) is 13.6. The molecule has 0 N–H and O–H groups in total. The third-order valence-corrected chi connectivity index (χ3v) is 6.68. The standard InChI is InChI=1S/C21H28N2O4S/c1-16(2)23(5)28(25,26)19-12-10-18(11-13-19)21(24)22(4)14-15-27-20-9-7-6-8-17(20)3/h6-13,16H,14-15H2,1-5H3. The second-order valence-corrected chi connectivity index (χ2v) is 8.98. The van der Waals surface area contributed by atoms with Crippen molar-refractivity contribution in [1.82, 2.24) is 9.21 Å². The van der Waals surface area contributed by atoms with Crippen LogP contribution >= 0.6 is 0 Å². The Morgan fingerprint density at radius 1 is 1.04 bits per heavy atom. The molecule has 0 aliphatic carbocycles. The Kier molecular flexibility index (Phi) is 7.21. The Morgan fingerprint density at radius 3 is 2.21 bits per heavy atom. The molecule has 7 heteroatoms. The highest BCUT2D eigenvalue weighted by molar-refractivity contribution is 7.89. The summed E-state index contributed by atoms with van der Waals surface area (Å²) in [6.45, 7) is 6.38. The Morgan fingerprint density at radius 2 is 1.64 bits per heavy atom. The van der Waals surface area contributed by atoms with Crippen LogP contribution in [0.5, 0.6) is 5.75 Å². The quantitative estimate of drug-likeness (QED) is 0.678. The zero-order valence-corrected chi connectivity index (χ0v) is 17.9. The van der Waals surface area contributed by atoms with Gasteiger partial charge in [-0.2, -0.15) is 4.31 Å². The second-order valence-electron chi connectivity index (χ2n) is 6.98. The van der Waals surface area contributed by atoms with E-state index in [-0.39, 0.29) is 16.8 Å². The molecule has 0 unspecified atom stereocenters. The van der Waals surface area contributed by atoms with Gasteiger partial charge < -0.3 is 9.64 Å². The van der Waals surface area contributed by atoms with Crippen LogP contribution in [0.15, 0.2) is 53.4 Å². The molecule has 152 valence electrons. The van der Waals surface area contributed by atoms with Gasteiger partial charge in [0.15, 0.2) is 0 Å². The van der Waals surface area contributed by atoms with E-state index in [0.29, 0.717) is 18.7 Å². The van der Waals surface area contributed by atoms with Crippen molar-refractivity contribution in [1.29, 1.82) is 0 Å². The van der Waals surface area contributed by atoms with Crippen LogP contribution in [0.4, 0.5) is 0 Å². The Bertz CT molecular complexity index is 908. The summed E-state index contributed by atoms with van der Waals surface area (Å²) in [6.07, 6.45) is 0. The van der Waals surface area contributed by atoms with Gasteiger partial charge in [0.1, 0.15) is 12.4 Å². The molecule has 0 atom stereocenters. The number of carbonyl (C=O) groups is 1.